The first-order valence-corrected chi connectivity index (χ1v) is 10.3. The number of ketones is 1. The number of benzene rings is 3. The number of hydrogen-bond donors (Lipinski definition) is 1. The van der Waals surface area contributed by atoms with Crippen LogP contribution in [0.3, 0.4) is 0 Å². The fourth-order valence-corrected chi connectivity index (χ4v) is 3.99. The van der Waals surface area contributed by atoms with Crippen molar-refractivity contribution < 1.29 is 28.6 Å². The molecular weight excluding hydrogens is 449 g/mol. The monoisotopic (exact) mass is 467 g/mol. The highest BCUT2D eigenvalue weighted by Gasteiger charge is 2.47. The molecule has 1 heterocycles. The van der Waals surface area contributed by atoms with Crippen LogP contribution in [0.1, 0.15) is 17.2 Å². The Balaban J connectivity index is 1.97. The van der Waals surface area contributed by atoms with Crippen LogP contribution >= 0.6 is 11.6 Å². The minimum Gasteiger partial charge on any atom is -0.507 e. The van der Waals surface area contributed by atoms with E-state index in [9.17, 15) is 19.1 Å². The van der Waals surface area contributed by atoms with E-state index in [1.54, 1.807) is 30.3 Å². The molecule has 1 saturated heterocycles. The second kappa shape index (κ2) is 8.96. The summed E-state index contributed by atoms with van der Waals surface area (Å²) in [4.78, 5) is 27.4. The van der Waals surface area contributed by atoms with Crippen LogP contribution in [-0.2, 0) is 9.59 Å². The van der Waals surface area contributed by atoms with Crippen molar-refractivity contribution in [1.29, 1.82) is 0 Å². The number of anilines is 1. The van der Waals surface area contributed by atoms with Gasteiger partial charge >= 0.3 is 0 Å². The van der Waals surface area contributed by atoms with Crippen LogP contribution in [0.4, 0.5) is 10.1 Å². The van der Waals surface area contributed by atoms with E-state index < -0.39 is 29.3 Å². The fraction of sp³-hybridized carbons (Fsp3) is 0.120. The van der Waals surface area contributed by atoms with Gasteiger partial charge in [0.25, 0.3) is 11.7 Å². The highest BCUT2D eigenvalue weighted by molar-refractivity contribution is 6.52. The van der Waals surface area contributed by atoms with Crippen LogP contribution < -0.4 is 14.4 Å². The first-order chi connectivity index (χ1) is 15.8. The molecule has 0 aliphatic carbocycles. The fourth-order valence-electron chi connectivity index (χ4n) is 3.78. The Morgan fingerprint density at radius 2 is 1.64 bits per heavy atom. The van der Waals surface area contributed by atoms with E-state index >= 15 is 0 Å². The van der Waals surface area contributed by atoms with Gasteiger partial charge in [0.15, 0.2) is 0 Å². The predicted molar refractivity (Wildman–Crippen MR) is 122 cm³/mol. The summed E-state index contributed by atoms with van der Waals surface area (Å²) in [6, 6.07) is 15.6. The van der Waals surface area contributed by atoms with Gasteiger partial charge < -0.3 is 14.6 Å². The van der Waals surface area contributed by atoms with Crippen LogP contribution in [0.25, 0.3) is 5.76 Å². The minimum absolute atomic E-state index is 0.131. The Labute approximate surface area is 194 Å². The number of ether oxygens (including phenoxy) is 2. The van der Waals surface area contributed by atoms with Crippen molar-refractivity contribution in [2.45, 2.75) is 6.04 Å². The summed E-state index contributed by atoms with van der Waals surface area (Å²) in [5.74, 6) is -1.88. The van der Waals surface area contributed by atoms with Crippen molar-refractivity contribution in [2.24, 2.45) is 0 Å². The van der Waals surface area contributed by atoms with Crippen molar-refractivity contribution in [3.8, 4) is 11.5 Å². The van der Waals surface area contributed by atoms with Gasteiger partial charge in [-0.05, 0) is 54.1 Å². The molecule has 0 aromatic heterocycles. The number of hydrogen-bond acceptors (Lipinski definition) is 5. The van der Waals surface area contributed by atoms with Gasteiger partial charge in [0.2, 0.25) is 0 Å². The largest absolute Gasteiger partial charge is 0.507 e. The van der Waals surface area contributed by atoms with E-state index in [1.807, 2.05) is 0 Å². The SMILES string of the molecule is COc1ccc(C2/C(=C(\O)c3cc(OC)ccc3Cl)C(=O)C(=O)N2c2cccc(F)c2)cc1. The first kappa shape index (κ1) is 22.4. The number of halogens is 2. The number of amides is 1. The summed E-state index contributed by atoms with van der Waals surface area (Å²) in [5, 5.41) is 11.4. The molecule has 1 amide bonds. The lowest BCUT2D eigenvalue weighted by Gasteiger charge is -2.25. The van der Waals surface area contributed by atoms with Gasteiger partial charge in [-0.3, -0.25) is 14.5 Å². The van der Waals surface area contributed by atoms with Crippen LogP contribution in [0, 0.1) is 5.82 Å². The molecule has 0 saturated carbocycles. The molecule has 1 unspecified atom stereocenters. The lowest BCUT2D eigenvalue weighted by Crippen LogP contribution is -2.29. The van der Waals surface area contributed by atoms with Gasteiger partial charge in [0.05, 0.1) is 30.9 Å². The van der Waals surface area contributed by atoms with Gasteiger partial charge in [0, 0.05) is 11.3 Å². The average molecular weight is 468 g/mol. The van der Waals surface area contributed by atoms with Crippen molar-refractivity contribution in [3.63, 3.8) is 0 Å². The third-order valence-corrected chi connectivity index (χ3v) is 5.72. The van der Waals surface area contributed by atoms with Gasteiger partial charge in [0.1, 0.15) is 23.1 Å². The van der Waals surface area contributed by atoms with Gasteiger partial charge in [-0.1, -0.05) is 29.8 Å². The van der Waals surface area contributed by atoms with Crippen molar-refractivity contribution in [1.82, 2.24) is 0 Å². The third kappa shape index (κ3) is 4.03. The first-order valence-electron chi connectivity index (χ1n) is 9.90. The summed E-state index contributed by atoms with van der Waals surface area (Å²) in [6.45, 7) is 0. The molecule has 1 N–H and O–H groups in total. The number of rotatable bonds is 5. The normalized spacial score (nSPS) is 17.3. The maximum atomic E-state index is 14.0. The standard InChI is InChI=1S/C25H19ClFNO5/c1-32-17-8-6-14(7-9-17)22-21(23(29)19-13-18(33-2)10-11-20(19)26)24(30)25(31)28(22)16-5-3-4-15(27)12-16/h3-13,22,29H,1-2H3/b23-21+. The van der Waals surface area contributed by atoms with E-state index in [1.165, 1.54) is 44.6 Å². The number of Topliss-reactive ketones (excluding diaryl/α,β-unsaturated/α-hetero) is 1. The molecule has 8 heteroatoms. The maximum Gasteiger partial charge on any atom is 0.300 e. The lowest BCUT2D eigenvalue weighted by molar-refractivity contribution is -0.132. The molecule has 1 fully saturated rings. The summed E-state index contributed by atoms with van der Waals surface area (Å²) in [5.41, 5.74) is 0.643. The molecule has 1 aliphatic heterocycles. The van der Waals surface area contributed by atoms with E-state index in [2.05, 4.69) is 0 Å². The molecule has 6 nitrogen and oxygen atoms in total. The lowest BCUT2D eigenvalue weighted by atomic mass is 9.95. The van der Waals surface area contributed by atoms with E-state index in [0.29, 0.717) is 17.1 Å². The maximum absolute atomic E-state index is 14.0. The second-order valence-corrected chi connectivity index (χ2v) is 7.68. The zero-order valence-electron chi connectivity index (χ0n) is 17.7. The second-order valence-electron chi connectivity index (χ2n) is 7.27. The molecule has 0 spiro atoms. The Morgan fingerprint density at radius 1 is 0.970 bits per heavy atom. The average Bonchev–Trinajstić information content (AvgIpc) is 3.09. The Hall–Kier alpha value is -3.84. The Kier molecular flexibility index (Phi) is 6.07. The minimum atomic E-state index is -1.03. The van der Waals surface area contributed by atoms with Crippen LogP contribution in [0.2, 0.25) is 5.02 Å². The number of aliphatic hydroxyl groups excluding tert-OH is 1. The number of carbonyl (C=O) groups excluding carboxylic acids is 2. The van der Waals surface area contributed by atoms with E-state index in [0.717, 1.165) is 11.0 Å². The van der Waals surface area contributed by atoms with Crippen LogP contribution in [-0.4, -0.2) is 31.0 Å². The zero-order chi connectivity index (χ0) is 23.7. The van der Waals surface area contributed by atoms with Gasteiger partial charge in [-0.25, -0.2) is 4.39 Å². The topological polar surface area (TPSA) is 76.1 Å². The van der Waals surface area contributed by atoms with Gasteiger partial charge in [-0.15, -0.1) is 0 Å². The van der Waals surface area contributed by atoms with Crippen LogP contribution in [0.5, 0.6) is 11.5 Å². The highest BCUT2D eigenvalue weighted by Crippen LogP contribution is 2.43. The third-order valence-electron chi connectivity index (χ3n) is 5.39. The molecule has 3 aromatic rings. The number of carbonyl (C=O) groups is 2. The molecule has 168 valence electrons. The quantitative estimate of drug-likeness (QED) is 0.320. The molecule has 1 aliphatic rings. The molecule has 4 rings (SSSR count). The summed E-state index contributed by atoms with van der Waals surface area (Å²) < 4.78 is 24.4. The summed E-state index contributed by atoms with van der Waals surface area (Å²) >= 11 is 6.29. The van der Waals surface area contributed by atoms with Crippen molar-refractivity contribution >= 4 is 34.7 Å². The molecule has 0 radical (unpaired) electrons. The van der Waals surface area contributed by atoms with Gasteiger partial charge in [-0.2, -0.15) is 0 Å². The molecular formula is C25H19ClFNO5. The highest BCUT2D eigenvalue weighted by atomic mass is 35.5. The number of aliphatic hydroxyl groups is 1. The number of nitrogens with zero attached hydrogens (tertiary/aromatic N) is 1. The Bertz CT molecular complexity index is 1270. The summed E-state index contributed by atoms with van der Waals surface area (Å²) in [7, 11) is 2.96. The smallest absolute Gasteiger partial charge is 0.300 e. The summed E-state index contributed by atoms with van der Waals surface area (Å²) in [6.07, 6.45) is 0. The van der Waals surface area contributed by atoms with E-state index in [4.69, 9.17) is 21.1 Å². The molecule has 3 aromatic carbocycles. The van der Waals surface area contributed by atoms with Crippen LogP contribution in [0.15, 0.2) is 72.3 Å². The predicted octanol–water partition coefficient (Wildman–Crippen LogP) is 5.12. The Morgan fingerprint density at radius 3 is 2.27 bits per heavy atom. The molecule has 1 atom stereocenters. The van der Waals surface area contributed by atoms with Crippen molar-refractivity contribution in [2.75, 3.05) is 19.1 Å². The van der Waals surface area contributed by atoms with E-state index in [-0.39, 0.29) is 21.8 Å². The van der Waals surface area contributed by atoms with Crippen molar-refractivity contribution in [3.05, 3.63) is 94.3 Å². The number of methoxy groups -OCH3 is 2. The molecule has 33 heavy (non-hydrogen) atoms. The zero-order valence-corrected chi connectivity index (χ0v) is 18.5. The molecule has 0 bridgehead atoms.